The number of nitrogens with zero attached hydrogens (tertiary/aromatic N) is 1. The van der Waals surface area contributed by atoms with Crippen LogP contribution < -0.4 is 0 Å². The molecule has 0 bridgehead atoms. The molecule has 1 rings (SSSR count). The number of rotatable bonds is 3. The van der Waals surface area contributed by atoms with E-state index in [1.807, 2.05) is 33.1 Å². The topological polar surface area (TPSA) is 53.4 Å². The zero-order chi connectivity index (χ0) is 11.6. The minimum Gasteiger partial charge on any atom is -0.390 e. The number of aliphatic hydroxyl groups is 2. The molecule has 0 fully saturated rings. The van der Waals surface area contributed by atoms with Gasteiger partial charge in [0.1, 0.15) is 0 Å². The van der Waals surface area contributed by atoms with Crippen LogP contribution in [0.5, 0.6) is 0 Å². The molecule has 0 spiro atoms. The fraction of sp³-hybridized carbons (Fsp3) is 0.727. The van der Waals surface area contributed by atoms with E-state index in [0.29, 0.717) is 6.42 Å². The van der Waals surface area contributed by atoms with Crippen LogP contribution in [0.15, 0.2) is 5.38 Å². The molecule has 0 aliphatic carbocycles. The first-order valence-electron chi connectivity index (χ1n) is 5.08. The molecular weight excluding hydrogens is 210 g/mol. The monoisotopic (exact) mass is 229 g/mol. The molecule has 86 valence electrons. The van der Waals surface area contributed by atoms with Gasteiger partial charge in [-0.1, -0.05) is 20.8 Å². The number of hydrogen-bond acceptors (Lipinski definition) is 4. The standard InChI is InChI=1S/C11H19NO2S/c1-7-6-15-9(12-7)5-8(13)10(14)11(2,3)4/h6,8,10,13-14H,5H2,1-4H3. The highest BCUT2D eigenvalue weighted by molar-refractivity contribution is 7.09. The molecule has 3 nitrogen and oxygen atoms in total. The van der Waals surface area contributed by atoms with Crippen molar-refractivity contribution in [3.63, 3.8) is 0 Å². The highest BCUT2D eigenvalue weighted by Crippen LogP contribution is 2.24. The van der Waals surface area contributed by atoms with Crippen molar-refractivity contribution in [2.45, 2.75) is 46.3 Å². The lowest BCUT2D eigenvalue weighted by molar-refractivity contribution is -0.0434. The van der Waals surface area contributed by atoms with E-state index in [2.05, 4.69) is 4.98 Å². The van der Waals surface area contributed by atoms with E-state index in [-0.39, 0.29) is 5.41 Å². The molecule has 15 heavy (non-hydrogen) atoms. The molecule has 1 aromatic heterocycles. The molecule has 0 aliphatic rings. The van der Waals surface area contributed by atoms with E-state index < -0.39 is 12.2 Å². The quantitative estimate of drug-likeness (QED) is 0.830. The summed E-state index contributed by atoms with van der Waals surface area (Å²) in [6.45, 7) is 7.66. The lowest BCUT2D eigenvalue weighted by Crippen LogP contribution is -2.38. The second-order valence-electron chi connectivity index (χ2n) is 4.96. The Bertz CT molecular complexity index is 317. The smallest absolute Gasteiger partial charge is 0.0954 e. The van der Waals surface area contributed by atoms with Gasteiger partial charge in [-0.25, -0.2) is 4.98 Å². The third kappa shape index (κ3) is 3.55. The molecule has 0 amide bonds. The Labute approximate surface area is 94.8 Å². The number of aryl methyl sites for hydroxylation is 1. The SMILES string of the molecule is Cc1csc(CC(O)C(O)C(C)(C)C)n1. The summed E-state index contributed by atoms with van der Waals surface area (Å²) in [5.41, 5.74) is 0.665. The predicted molar refractivity (Wildman–Crippen MR) is 62.0 cm³/mol. The summed E-state index contributed by atoms with van der Waals surface area (Å²) in [6.07, 6.45) is -1.03. The van der Waals surface area contributed by atoms with Crippen molar-refractivity contribution in [1.29, 1.82) is 0 Å². The first kappa shape index (κ1) is 12.6. The van der Waals surface area contributed by atoms with Gasteiger partial charge in [-0.3, -0.25) is 0 Å². The van der Waals surface area contributed by atoms with Crippen LogP contribution in [0.3, 0.4) is 0 Å². The second kappa shape index (κ2) is 4.60. The van der Waals surface area contributed by atoms with Crippen LogP contribution in [0.1, 0.15) is 31.5 Å². The Balaban J connectivity index is 2.59. The lowest BCUT2D eigenvalue weighted by Gasteiger charge is -2.29. The fourth-order valence-electron chi connectivity index (χ4n) is 1.36. The molecule has 2 atom stereocenters. The van der Waals surface area contributed by atoms with Crippen LogP contribution in [-0.4, -0.2) is 27.4 Å². The molecule has 0 aromatic carbocycles. The summed E-state index contributed by atoms with van der Waals surface area (Å²) in [5, 5.41) is 22.5. The van der Waals surface area contributed by atoms with Gasteiger partial charge in [-0.2, -0.15) is 0 Å². The van der Waals surface area contributed by atoms with Gasteiger partial charge in [0.2, 0.25) is 0 Å². The number of aromatic nitrogens is 1. The van der Waals surface area contributed by atoms with Crippen LogP contribution in [0.2, 0.25) is 0 Å². The van der Waals surface area contributed by atoms with Crippen LogP contribution in [0, 0.1) is 12.3 Å². The number of hydrogen-bond donors (Lipinski definition) is 2. The second-order valence-corrected chi connectivity index (χ2v) is 5.91. The minimum atomic E-state index is -0.740. The van der Waals surface area contributed by atoms with Crippen LogP contribution in [0.25, 0.3) is 0 Å². The number of aliphatic hydroxyl groups excluding tert-OH is 2. The van der Waals surface area contributed by atoms with Gasteiger partial charge >= 0.3 is 0 Å². The molecule has 0 radical (unpaired) electrons. The molecular formula is C11H19NO2S. The Morgan fingerprint density at radius 1 is 1.40 bits per heavy atom. The van der Waals surface area contributed by atoms with Gasteiger partial charge in [0, 0.05) is 17.5 Å². The van der Waals surface area contributed by atoms with E-state index in [0.717, 1.165) is 10.7 Å². The summed E-state index contributed by atoms with van der Waals surface area (Å²) in [6, 6.07) is 0. The van der Waals surface area contributed by atoms with Crippen LogP contribution in [0.4, 0.5) is 0 Å². The largest absolute Gasteiger partial charge is 0.390 e. The van der Waals surface area contributed by atoms with Crippen molar-refractivity contribution in [3.8, 4) is 0 Å². The van der Waals surface area contributed by atoms with Gasteiger partial charge in [-0.05, 0) is 12.3 Å². The summed E-state index contributed by atoms with van der Waals surface area (Å²) in [7, 11) is 0. The van der Waals surface area contributed by atoms with Crippen molar-refractivity contribution in [1.82, 2.24) is 4.98 Å². The van der Waals surface area contributed by atoms with Gasteiger partial charge in [0.05, 0.1) is 17.2 Å². The maximum atomic E-state index is 9.85. The molecule has 0 saturated carbocycles. The van der Waals surface area contributed by atoms with Crippen LogP contribution >= 0.6 is 11.3 Å². The Hall–Kier alpha value is -0.450. The zero-order valence-corrected chi connectivity index (χ0v) is 10.5. The van der Waals surface area contributed by atoms with Gasteiger partial charge < -0.3 is 10.2 Å². The van der Waals surface area contributed by atoms with Gasteiger partial charge in [0.25, 0.3) is 0 Å². The highest BCUT2D eigenvalue weighted by Gasteiger charge is 2.29. The lowest BCUT2D eigenvalue weighted by atomic mass is 9.85. The summed E-state index contributed by atoms with van der Waals surface area (Å²) >= 11 is 1.52. The van der Waals surface area contributed by atoms with E-state index in [1.54, 1.807) is 0 Å². The third-order valence-electron chi connectivity index (χ3n) is 2.30. The Morgan fingerprint density at radius 3 is 2.40 bits per heavy atom. The molecule has 2 unspecified atom stereocenters. The van der Waals surface area contributed by atoms with Crippen molar-refractivity contribution in [2.24, 2.45) is 5.41 Å². The van der Waals surface area contributed by atoms with Crippen molar-refractivity contribution >= 4 is 11.3 Å². The predicted octanol–water partition coefficient (Wildman–Crippen LogP) is 1.76. The van der Waals surface area contributed by atoms with Gasteiger partial charge in [-0.15, -0.1) is 11.3 Å². The maximum absolute atomic E-state index is 9.85. The van der Waals surface area contributed by atoms with Crippen molar-refractivity contribution in [3.05, 3.63) is 16.1 Å². The molecule has 2 N–H and O–H groups in total. The molecule has 1 heterocycles. The summed E-state index contributed by atoms with van der Waals surface area (Å²) < 4.78 is 0. The minimum absolute atomic E-state index is 0.300. The molecule has 0 saturated heterocycles. The zero-order valence-electron chi connectivity index (χ0n) is 9.69. The number of thiazole rings is 1. The average Bonchev–Trinajstić information content (AvgIpc) is 2.48. The third-order valence-corrected chi connectivity index (χ3v) is 3.29. The molecule has 0 aliphatic heterocycles. The van der Waals surface area contributed by atoms with Crippen LogP contribution in [-0.2, 0) is 6.42 Å². The van der Waals surface area contributed by atoms with E-state index >= 15 is 0 Å². The maximum Gasteiger partial charge on any atom is 0.0954 e. The highest BCUT2D eigenvalue weighted by atomic mass is 32.1. The van der Waals surface area contributed by atoms with Gasteiger partial charge in [0.15, 0.2) is 0 Å². The van der Waals surface area contributed by atoms with Crippen molar-refractivity contribution in [2.75, 3.05) is 0 Å². The van der Waals surface area contributed by atoms with E-state index in [9.17, 15) is 10.2 Å². The van der Waals surface area contributed by atoms with Crippen molar-refractivity contribution < 1.29 is 10.2 Å². The summed E-state index contributed by atoms with van der Waals surface area (Å²) in [5.74, 6) is 0. The fourth-order valence-corrected chi connectivity index (χ4v) is 2.19. The van der Waals surface area contributed by atoms with E-state index in [4.69, 9.17) is 0 Å². The Morgan fingerprint density at radius 2 is 2.00 bits per heavy atom. The molecule has 1 aromatic rings. The molecule has 4 heteroatoms. The Kier molecular flexibility index (Phi) is 3.87. The summed E-state index contributed by atoms with van der Waals surface area (Å²) in [4.78, 5) is 4.26. The average molecular weight is 229 g/mol. The first-order valence-corrected chi connectivity index (χ1v) is 5.96. The first-order chi connectivity index (χ1) is 6.80. The normalized spacial score (nSPS) is 16.4. The van der Waals surface area contributed by atoms with E-state index in [1.165, 1.54) is 11.3 Å².